The van der Waals surface area contributed by atoms with Crippen molar-refractivity contribution in [2.45, 2.75) is 11.7 Å². The Morgan fingerprint density at radius 2 is 1.93 bits per heavy atom. The van der Waals surface area contributed by atoms with Gasteiger partial charge in [-0.2, -0.15) is 0 Å². The highest BCUT2D eigenvalue weighted by Crippen LogP contribution is 2.21. The molecule has 0 amide bonds. The van der Waals surface area contributed by atoms with E-state index in [-0.39, 0.29) is 5.57 Å². The van der Waals surface area contributed by atoms with Crippen molar-refractivity contribution < 1.29 is 30.0 Å². The van der Waals surface area contributed by atoms with E-state index >= 15 is 0 Å². The minimum atomic E-state index is -2.45. The van der Waals surface area contributed by atoms with Gasteiger partial charge in [-0.25, -0.2) is 9.59 Å². The van der Waals surface area contributed by atoms with Crippen molar-refractivity contribution in [2.24, 2.45) is 0 Å². The van der Waals surface area contributed by atoms with Gasteiger partial charge in [-0.15, -0.1) is 0 Å². The fourth-order valence-electron chi connectivity index (χ4n) is 1.01. The van der Waals surface area contributed by atoms with Gasteiger partial charge >= 0.3 is 11.9 Å². The van der Waals surface area contributed by atoms with Gasteiger partial charge in [0.25, 0.3) is 0 Å². The highest BCUT2D eigenvalue weighted by Gasteiger charge is 2.42. The quantitative estimate of drug-likeness (QED) is 0.442. The van der Waals surface area contributed by atoms with Crippen LogP contribution in [0.4, 0.5) is 0 Å². The topological polar surface area (TPSA) is 115 Å². The predicted octanol–water partition coefficient (Wildman–Crippen LogP) is -1.26. The van der Waals surface area contributed by atoms with E-state index in [0.29, 0.717) is 0 Å². The number of carboxylic acid groups (broad SMARTS) is 2. The number of aliphatic carboxylic acids is 2. The van der Waals surface area contributed by atoms with E-state index in [1.54, 1.807) is 0 Å². The van der Waals surface area contributed by atoms with Gasteiger partial charge in [0.15, 0.2) is 0 Å². The first-order valence-corrected chi connectivity index (χ1v) is 3.66. The number of carboxylic acids is 2. The average molecular weight is 200 g/mol. The van der Waals surface area contributed by atoms with Crippen LogP contribution >= 0.6 is 0 Å². The molecule has 0 heterocycles. The summed E-state index contributed by atoms with van der Waals surface area (Å²) in [6.07, 6.45) is 0.680. The van der Waals surface area contributed by atoms with Gasteiger partial charge in [0.05, 0.1) is 5.57 Å². The van der Waals surface area contributed by atoms with Crippen LogP contribution in [-0.2, 0) is 9.59 Å². The molecule has 0 aromatic carbocycles. The lowest BCUT2D eigenvalue weighted by Crippen LogP contribution is -2.48. The van der Waals surface area contributed by atoms with E-state index in [1.165, 1.54) is 0 Å². The van der Waals surface area contributed by atoms with Gasteiger partial charge in [-0.1, -0.05) is 0 Å². The second kappa shape index (κ2) is 3.24. The van der Waals surface area contributed by atoms with Gasteiger partial charge in [-0.3, -0.25) is 0 Å². The Balaban J connectivity index is 3.02. The smallest absolute Gasteiger partial charge is 0.342 e. The fourth-order valence-corrected chi connectivity index (χ4v) is 1.01. The number of hydrogen-bond donors (Lipinski definition) is 4. The lowest BCUT2D eigenvalue weighted by molar-refractivity contribution is -0.161. The fraction of sp³-hybridized carbons (Fsp3) is 0.250. The second-order valence-corrected chi connectivity index (χ2v) is 2.84. The predicted molar refractivity (Wildman–Crippen MR) is 43.5 cm³/mol. The van der Waals surface area contributed by atoms with Crippen molar-refractivity contribution in [1.29, 1.82) is 0 Å². The summed E-state index contributed by atoms with van der Waals surface area (Å²) in [6.45, 7) is 0. The molecule has 4 N–H and O–H groups in total. The third kappa shape index (κ3) is 1.52. The first-order chi connectivity index (χ1) is 6.38. The van der Waals surface area contributed by atoms with E-state index in [9.17, 15) is 19.8 Å². The van der Waals surface area contributed by atoms with Crippen LogP contribution in [-0.4, -0.2) is 44.1 Å². The molecule has 6 heteroatoms. The van der Waals surface area contributed by atoms with Crippen molar-refractivity contribution >= 4 is 11.9 Å². The van der Waals surface area contributed by atoms with Gasteiger partial charge in [0, 0.05) is 0 Å². The van der Waals surface area contributed by atoms with Crippen molar-refractivity contribution in [2.75, 3.05) is 0 Å². The normalized spacial score (nSPS) is 31.0. The monoisotopic (exact) mass is 200 g/mol. The molecule has 0 unspecified atom stereocenters. The molecule has 1 aliphatic carbocycles. The Kier molecular flexibility index (Phi) is 2.41. The molecule has 0 aliphatic heterocycles. The molecular formula is C8H8O6. The van der Waals surface area contributed by atoms with Crippen molar-refractivity contribution in [3.8, 4) is 0 Å². The molecule has 76 valence electrons. The maximum absolute atomic E-state index is 10.5. The van der Waals surface area contributed by atoms with Crippen LogP contribution in [0.25, 0.3) is 0 Å². The molecule has 0 fully saturated rings. The number of rotatable bonds is 2. The molecule has 1 aliphatic rings. The molecule has 0 spiro atoms. The first kappa shape index (κ1) is 10.4. The Labute approximate surface area is 78.4 Å². The minimum Gasteiger partial charge on any atom is -0.479 e. The maximum Gasteiger partial charge on any atom is 0.342 e. The highest BCUT2D eigenvalue weighted by molar-refractivity contribution is 5.92. The molecule has 0 aromatic rings. The molecule has 14 heavy (non-hydrogen) atoms. The molecule has 0 saturated carbocycles. The van der Waals surface area contributed by atoms with Crippen LogP contribution in [0.2, 0.25) is 0 Å². The van der Waals surface area contributed by atoms with E-state index in [0.717, 1.165) is 18.2 Å². The van der Waals surface area contributed by atoms with Crippen molar-refractivity contribution in [3.05, 3.63) is 23.8 Å². The zero-order chi connectivity index (χ0) is 10.9. The van der Waals surface area contributed by atoms with Gasteiger partial charge in [0.1, 0.15) is 6.10 Å². The van der Waals surface area contributed by atoms with Crippen LogP contribution in [0, 0.1) is 0 Å². The summed E-state index contributed by atoms with van der Waals surface area (Å²) in [5.74, 6) is -2.94. The van der Waals surface area contributed by atoms with Gasteiger partial charge < -0.3 is 20.4 Å². The summed E-state index contributed by atoms with van der Waals surface area (Å²) in [7, 11) is 0. The lowest BCUT2D eigenvalue weighted by atomic mass is 9.89. The minimum absolute atomic E-state index is 0.261. The Morgan fingerprint density at radius 1 is 1.36 bits per heavy atom. The summed E-state index contributed by atoms with van der Waals surface area (Å²) >= 11 is 0. The molecule has 1 rings (SSSR count). The summed E-state index contributed by atoms with van der Waals surface area (Å²) in [5, 5.41) is 35.6. The van der Waals surface area contributed by atoms with E-state index in [2.05, 4.69) is 0 Å². The molecule has 0 aromatic heterocycles. The van der Waals surface area contributed by atoms with Crippen molar-refractivity contribution in [1.82, 2.24) is 0 Å². The van der Waals surface area contributed by atoms with Gasteiger partial charge in [-0.05, 0) is 18.2 Å². The number of aliphatic hydroxyl groups excluding tert-OH is 1. The van der Waals surface area contributed by atoms with Crippen LogP contribution < -0.4 is 0 Å². The Bertz CT molecular complexity index is 342. The first-order valence-electron chi connectivity index (χ1n) is 3.66. The highest BCUT2D eigenvalue weighted by atomic mass is 16.4. The van der Waals surface area contributed by atoms with E-state index < -0.39 is 23.6 Å². The molecule has 0 saturated heterocycles. The summed E-state index contributed by atoms with van der Waals surface area (Å²) in [4.78, 5) is 20.9. The SMILES string of the molecule is O=C(O)C1=C[C@@H](O)[C@](O)(C(=O)O)C=C1. The Morgan fingerprint density at radius 3 is 2.29 bits per heavy atom. The second-order valence-electron chi connectivity index (χ2n) is 2.84. The maximum atomic E-state index is 10.5. The lowest BCUT2D eigenvalue weighted by Gasteiger charge is -2.26. The molecule has 6 nitrogen and oxygen atoms in total. The third-order valence-electron chi connectivity index (χ3n) is 1.89. The molecule has 0 bridgehead atoms. The number of aliphatic hydroxyl groups is 2. The van der Waals surface area contributed by atoms with Crippen molar-refractivity contribution in [3.63, 3.8) is 0 Å². The Hall–Kier alpha value is -1.66. The largest absolute Gasteiger partial charge is 0.479 e. The number of hydrogen-bond acceptors (Lipinski definition) is 4. The zero-order valence-electron chi connectivity index (χ0n) is 6.91. The summed E-state index contributed by atoms with van der Waals surface area (Å²) in [5.41, 5.74) is -2.71. The third-order valence-corrected chi connectivity index (χ3v) is 1.89. The van der Waals surface area contributed by atoms with Crippen LogP contribution in [0.3, 0.4) is 0 Å². The molecule has 2 atom stereocenters. The molecular weight excluding hydrogens is 192 g/mol. The number of carbonyl (C=O) groups is 2. The standard InChI is InChI=1S/C8H8O6/c9-5-3-4(6(10)11)1-2-8(5,14)7(12)13/h1-3,5,9,14H,(H,10,11)(H,12,13)/t5-,8+/m1/s1. The van der Waals surface area contributed by atoms with E-state index in [4.69, 9.17) is 10.2 Å². The van der Waals surface area contributed by atoms with Gasteiger partial charge in [0.2, 0.25) is 5.60 Å². The zero-order valence-corrected chi connectivity index (χ0v) is 6.91. The molecule has 0 radical (unpaired) electrons. The van der Waals surface area contributed by atoms with Crippen LogP contribution in [0.15, 0.2) is 23.8 Å². The van der Waals surface area contributed by atoms with E-state index in [1.807, 2.05) is 0 Å². The average Bonchev–Trinajstić information content (AvgIpc) is 2.09. The summed E-state index contributed by atoms with van der Waals surface area (Å²) in [6, 6.07) is 0. The summed E-state index contributed by atoms with van der Waals surface area (Å²) < 4.78 is 0. The van der Waals surface area contributed by atoms with Crippen LogP contribution in [0.5, 0.6) is 0 Å². The van der Waals surface area contributed by atoms with Crippen LogP contribution in [0.1, 0.15) is 0 Å².